The lowest BCUT2D eigenvalue weighted by molar-refractivity contribution is -0.122. The summed E-state index contributed by atoms with van der Waals surface area (Å²) in [5, 5.41) is 14.7. The van der Waals surface area contributed by atoms with Gasteiger partial charge < -0.3 is 10.1 Å². The van der Waals surface area contributed by atoms with E-state index in [0.717, 1.165) is 18.4 Å². The Labute approximate surface area is 155 Å². The van der Waals surface area contributed by atoms with Crippen molar-refractivity contribution in [3.8, 4) is 17.1 Å². The lowest BCUT2D eigenvalue weighted by Crippen LogP contribution is -2.30. The number of rotatable bonds is 6. The van der Waals surface area contributed by atoms with Crippen LogP contribution in [-0.4, -0.2) is 32.2 Å². The molecular weight excluding hydrogens is 349 g/mol. The number of anilines is 1. The summed E-state index contributed by atoms with van der Waals surface area (Å²) < 4.78 is 20.3. The van der Waals surface area contributed by atoms with Crippen molar-refractivity contribution in [1.29, 1.82) is 0 Å². The van der Waals surface area contributed by atoms with Crippen LogP contribution in [0.3, 0.4) is 0 Å². The zero-order chi connectivity index (χ0) is 18.8. The first-order valence-corrected chi connectivity index (χ1v) is 8.71. The number of nitrogens with zero attached hydrogens (tertiary/aromatic N) is 4. The van der Waals surface area contributed by atoms with Gasteiger partial charge in [-0.05, 0) is 66.6 Å². The van der Waals surface area contributed by atoms with Crippen LogP contribution in [0.5, 0.6) is 5.75 Å². The summed E-state index contributed by atoms with van der Waals surface area (Å²) in [6.45, 7) is 1.64. The smallest absolute Gasteiger partial charge is 0.265 e. The second-order valence-corrected chi connectivity index (χ2v) is 6.46. The Bertz CT molecular complexity index is 953. The predicted octanol–water partition coefficient (Wildman–Crippen LogP) is 3.22. The molecular formula is C19H18FN5O2. The van der Waals surface area contributed by atoms with E-state index in [4.69, 9.17) is 4.74 Å². The van der Waals surface area contributed by atoms with Crippen molar-refractivity contribution in [3.05, 3.63) is 54.3 Å². The van der Waals surface area contributed by atoms with Crippen LogP contribution >= 0.6 is 0 Å². The number of halogens is 1. The fraction of sp³-hybridized carbons (Fsp3) is 0.263. The number of aromatic nitrogens is 4. The minimum atomic E-state index is -0.740. The first-order chi connectivity index (χ1) is 13.1. The van der Waals surface area contributed by atoms with Crippen molar-refractivity contribution in [2.75, 3.05) is 5.32 Å². The number of ether oxygens (including phenoxy) is 1. The third-order valence-electron chi connectivity index (χ3n) is 4.27. The summed E-state index contributed by atoms with van der Waals surface area (Å²) in [5.41, 5.74) is 1.45. The van der Waals surface area contributed by atoms with Gasteiger partial charge >= 0.3 is 0 Å². The van der Waals surface area contributed by atoms with Crippen LogP contribution in [0.25, 0.3) is 11.4 Å². The van der Waals surface area contributed by atoms with E-state index in [1.54, 1.807) is 13.0 Å². The fourth-order valence-electron chi connectivity index (χ4n) is 2.70. The Hall–Kier alpha value is -3.29. The van der Waals surface area contributed by atoms with E-state index >= 15 is 0 Å². The Morgan fingerprint density at radius 1 is 1.26 bits per heavy atom. The molecule has 7 nitrogen and oxygen atoms in total. The molecule has 1 N–H and O–H groups in total. The highest BCUT2D eigenvalue weighted by Gasteiger charge is 2.28. The molecule has 27 heavy (non-hydrogen) atoms. The van der Waals surface area contributed by atoms with Gasteiger partial charge in [0.2, 0.25) is 0 Å². The predicted molar refractivity (Wildman–Crippen MR) is 96.6 cm³/mol. The van der Waals surface area contributed by atoms with Gasteiger partial charge in [0.15, 0.2) is 11.9 Å². The van der Waals surface area contributed by atoms with Gasteiger partial charge in [0.25, 0.3) is 5.91 Å². The lowest BCUT2D eigenvalue weighted by atomic mass is 10.2. The number of benzene rings is 2. The number of tetrazole rings is 1. The molecule has 0 spiro atoms. The van der Waals surface area contributed by atoms with E-state index in [1.807, 2.05) is 22.9 Å². The van der Waals surface area contributed by atoms with Crippen LogP contribution in [-0.2, 0) is 4.79 Å². The van der Waals surface area contributed by atoms with Gasteiger partial charge in [-0.3, -0.25) is 4.79 Å². The Balaban J connectivity index is 1.45. The average Bonchev–Trinajstić information content (AvgIpc) is 3.40. The van der Waals surface area contributed by atoms with Gasteiger partial charge in [0, 0.05) is 11.3 Å². The Kier molecular flexibility index (Phi) is 4.53. The highest BCUT2D eigenvalue weighted by atomic mass is 19.1. The summed E-state index contributed by atoms with van der Waals surface area (Å²) in [5.74, 6) is 0.448. The summed E-state index contributed by atoms with van der Waals surface area (Å²) >= 11 is 0. The van der Waals surface area contributed by atoms with E-state index in [-0.39, 0.29) is 11.7 Å². The standard InChI is InChI=1S/C19H18FN5O2/c1-12(27-17-9-5-14(20)6-10-17)19(26)21-15-4-2-3-13(11-15)18-22-23-24-25(18)16-7-8-16/h2-6,9-12,16H,7-8H2,1H3,(H,21,26). The van der Waals surface area contributed by atoms with Crippen LogP contribution in [0.2, 0.25) is 0 Å². The van der Waals surface area contributed by atoms with Gasteiger partial charge in [-0.2, -0.15) is 0 Å². The van der Waals surface area contributed by atoms with Crippen molar-refractivity contribution in [2.24, 2.45) is 0 Å². The normalized spacial score (nSPS) is 14.6. The quantitative estimate of drug-likeness (QED) is 0.723. The maximum Gasteiger partial charge on any atom is 0.265 e. The molecule has 1 amide bonds. The molecule has 0 bridgehead atoms. The van der Waals surface area contributed by atoms with Crippen molar-refractivity contribution in [1.82, 2.24) is 20.2 Å². The minimum Gasteiger partial charge on any atom is -0.481 e. The molecule has 0 saturated heterocycles. The van der Waals surface area contributed by atoms with Crippen molar-refractivity contribution in [3.63, 3.8) is 0 Å². The first-order valence-electron chi connectivity index (χ1n) is 8.71. The zero-order valence-electron chi connectivity index (χ0n) is 14.7. The van der Waals surface area contributed by atoms with E-state index in [1.165, 1.54) is 24.3 Å². The number of hydrogen-bond acceptors (Lipinski definition) is 5. The summed E-state index contributed by atoms with van der Waals surface area (Å²) in [6.07, 6.45) is 1.41. The zero-order valence-corrected chi connectivity index (χ0v) is 14.7. The summed E-state index contributed by atoms with van der Waals surface area (Å²) in [4.78, 5) is 12.4. The van der Waals surface area contributed by atoms with Crippen LogP contribution < -0.4 is 10.1 Å². The van der Waals surface area contributed by atoms with Crippen molar-refractivity contribution >= 4 is 11.6 Å². The third kappa shape index (κ3) is 3.94. The average molecular weight is 367 g/mol. The van der Waals surface area contributed by atoms with E-state index in [9.17, 15) is 9.18 Å². The number of carbonyl (C=O) groups excluding carboxylic acids is 1. The van der Waals surface area contributed by atoms with Crippen molar-refractivity contribution in [2.45, 2.75) is 31.9 Å². The van der Waals surface area contributed by atoms with Gasteiger partial charge in [0.1, 0.15) is 11.6 Å². The van der Waals surface area contributed by atoms with Crippen LogP contribution in [0, 0.1) is 5.82 Å². The topological polar surface area (TPSA) is 81.9 Å². The molecule has 4 rings (SSSR count). The molecule has 1 aliphatic rings. The maximum atomic E-state index is 13.0. The van der Waals surface area contributed by atoms with Gasteiger partial charge in [0.05, 0.1) is 6.04 Å². The molecule has 1 aliphatic carbocycles. The van der Waals surface area contributed by atoms with E-state index < -0.39 is 6.10 Å². The van der Waals surface area contributed by atoms with Crippen molar-refractivity contribution < 1.29 is 13.9 Å². The third-order valence-corrected chi connectivity index (χ3v) is 4.27. The molecule has 8 heteroatoms. The number of nitrogens with one attached hydrogen (secondary N) is 1. The Morgan fingerprint density at radius 3 is 2.78 bits per heavy atom. The number of amides is 1. The molecule has 138 valence electrons. The van der Waals surface area contributed by atoms with Gasteiger partial charge in [-0.1, -0.05) is 12.1 Å². The Morgan fingerprint density at radius 2 is 2.04 bits per heavy atom. The van der Waals surface area contributed by atoms with Gasteiger partial charge in [-0.25, -0.2) is 9.07 Å². The summed E-state index contributed by atoms with van der Waals surface area (Å²) in [6, 6.07) is 13.2. The molecule has 1 aromatic heterocycles. The maximum absolute atomic E-state index is 13.0. The molecule has 0 aliphatic heterocycles. The molecule has 3 aromatic rings. The molecule has 1 fully saturated rings. The second-order valence-electron chi connectivity index (χ2n) is 6.46. The lowest BCUT2D eigenvalue weighted by Gasteiger charge is -2.15. The molecule has 1 unspecified atom stereocenters. The van der Waals surface area contributed by atoms with Crippen LogP contribution in [0.4, 0.5) is 10.1 Å². The highest BCUT2D eigenvalue weighted by Crippen LogP contribution is 2.36. The van der Waals surface area contributed by atoms with E-state index in [2.05, 4.69) is 20.8 Å². The SMILES string of the molecule is CC(Oc1ccc(F)cc1)C(=O)Nc1cccc(-c2nnnn2C2CC2)c1. The molecule has 0 radical (unpaired) electrons. The monoisotopic (exact) mass is 367 g/mol. The molecule has 2 aromatic carbocycles. The summed E-state index contributed by atoms with van der Waals surface area (Å²) in [7, 11) is 0. The molecule has 1 saturated carbocycles. The molecule has 1 heterocycles. The molecule has 1 atom stereocenters. The minimum absolute atomic E-state index is 0.307. The van der Waals surface area contributed by atoms with Crippen LogP contribution in [0.1, 0.15) is 25.8 Å². The number of carbonyl (C=O) groups is 1. The van der Waals surface area contributed by atoms with Crippen LogP contribution in [0.15, 0.2) is 48.5 Å². The van der Waals surface area contributed by atoms with Gasteiger partial charge in [-0.15, -0.1) is 5.10 Å². The fourth-order valence-corrected chi connectivity index (χ4v) is 2.70. The second kappa shape index (κ2) is 7.14. The number of hydrogen-bond donors (Lipinski definition) is 1. The highest BCUT2D eigenvalue weighted by molar-refractivity contribution is 5.94. The first kappa shape index (κ1) is 17.1. The largest absolute Gasteiger partial charge is 0.481 e. The van der Waals surface area contributed by atoms with E-state index in [0.29, 0.717) is 23.3 Å².